The zero-order valence-electron chi connectivity index (χ0n) is 10.1. The molecule has 1 atom stereocenters. The summed E-state index contributed by atoms with van der Waals surface area (Å²) >= 11 is 4.98. The fourth-order valence-corrected chi connectivity index (χ4v) is 3.29. The summed E-state index contributed by atoms with van der Waals surface area (Å²) in [5.74, 6) is 0.121. The van der Waals surface area contributed by atoms with Gasteiger partial charge in [-0.1, -0.05) is 12.1 Å². The van der Waals surface area contributed by atoms with E-state index < -0.39 is 6.61 Å². The third-order valence-corrected chi connectivity index (χ3v) is 4.84. The molecule has 0 saturated heterocycles. The van der Waals surface area contributed by atoms with Crippen molar-refractivity contribution in [2.75, 3.05) is 0 Å². The predicted octanol–water partition coefficient (Wildman–Crippen LogP) is 4.47. The van der Waals surface area contributed by atoms with Gasteiger partial charge in [-0.15, -0.1) is 11.3 Å². The van der Waals surface area contributed by atoms with Crippen molar-refractivity contribution in [3.63, 3.8) is 0 Å². The van der Waals surface area contributed by atoms with Crippen LogP contribution >= 0.6 is 27.3 Å². The average molecular weight is 348 g/mol. The molecule has 0 fully saturated rings. The van der Waals surface area contributed by atoms with E-state index in [1.165, 1.54) is 17.4 Å². The van der Waals surface area contributed by atoms with Gasteiger partial charge in [0.25, 0.3) is 0 Å². The van der Waals surface area contributed by atoms with Crippen molar-refractivity contribution in [1.29, 1.82) is 0 Å². The number of aryl methyl sites for hydroxylation is 1. The van der Waals surface area contributed by atoms with Crippen LogP contribution < -0.4 is 10.5 Å². The van der Waals surface area contributed by atoms with Gasteiger partial charge in [-0.25, -0.2) is 0 Å². The Balaban J connectivity index is 2.25. The maximum Gasteiger partial charge on any atom is 0.387 e. The molecule has 2 aromatic rings. The van der Waals surface area contributed by atoms with Crippen LogP contribution in [0.3, 0.4) is 0 Å². The molecule has 0 spiro atoms. The fourth-order valence-electron chi connectivity index (χ4n) is 1.69. The first-order valence-electron chi connectivity index (χ1n) is 5.53. The molecule has 2 nitrogen and oxygen atoms in total. The van der Waals surface area contributed by atoms with Gasteiger partial charge in [0, 0.05) is 4.88 Å². The summed E-state index contributed by atoms with van der Waals surface area (Å²) < 4.78 is 29.8. The van der Waals surface area contributed by atoms with Gasteiger partial charge in [0.05, 0.1) is 9.83 Å². The minimum atomic E-state index is -2.83. The van der Waals surface area contributed by atoms with Gasteiger partial charge in [-0.2, -0.15) is 8.78 Å². The molecular formula is C13H12BrF2NOS. The summed E-state index contributed by atoms with van der Waals surface area (Å²) in [6.07, 6.45) is 0. The summed E-state index contributed by atoms with van der Waals surface area (Å²) in [5.41, 5.74) is 7.99. The molecule has 19 heavy (non-hydrogen) atoms. The first-order valence-corrected chi connectivity index (χ1v) is 7.14. The third-order valence-electron chi connectivity index (χ3n) is 2.63. The van der Waals surface area contributed by atoms with Crippen LogP contribution in [-0.2, 0) is 0 Å². The first kappa shape index (κ1) is 14.4. The number of thiophene rings is 1. The van der Waals surface area contributed by atoms with Crippen LogP contribution in [0.1, 0.15) is 22.0 Å². The van der Waals surface area contributed by atoms with E-state index in [9.17, 15) is 8.78 Å². The van der Waals surface area contributed by atoms with Gasteiger partial charge >= 0.3 is 6.61 Å². The second-order valence-corrected chi connectivity index (χ2v) is 6.44. The third kappa shape index (κ3) is 3.52. The van der Waals surface area contributed by atoms with Gasteiger partial charge < -0.3 is 10.5 Å². The number of halogens is 3. The Bertz CT molecular complexity index is 554. The van der Waals surface area contributed by atoms with Gasteiger partial charge in [0.2, 0.25) is 0 Å². The Kier molecular flexibility index (Phi) is 4.54. The van der Waals surface area contributed by atoms with E-state index in [0.29, 0.717) is 0 Å². The van der Waals surface area contributed by atoms with E-state index in [0.717, 1.165) is 19.8 Å². The zero-order valence-corrected chi connectivity index (χ0v) is 12.5. The highest BCUT2D eigenvalue weighted by molar-refractivity contribution is 9.11. The van der Waals surface area contributed by atoms with Gasteiger partial charge in [0.15, 0.2) is 0 Å². The number of alkyl halides is 2. The van der Waals surface area contributed by atoms with Crippen molar-refractivity contribution in [2.45, 2.75) is 19.6 Å². The normalized spacial score (nSPS) is 12.7. The highest BCUT2D eigenvalue weighted by atomic mass is 79.9. The predicted molar refractivity (Wildman–Crippen MR) is 75.9 cm³/mol. The molecule has 0 bridgehead atoms. The van der Waals surface area contributed by atoms with Crippen LogP contribution in [0.4, 0.5) is 8.78 Å². The Hall–Kier alpha value is -0.980. The molecule has 0 radical (unpaired) electrons. The minimum absolute atomic E-state index is 0.121. The molecule has 1 unspecified atom stereocenters. The molecule has 2 N–H and O–H groups in total. The van der Waals surface area contributed by atoms with E-state index in [4.69, 9.17) is 5.73 Å². The van der Waals surface area contributed by atoms with Crippen LogP contribution in [0.15, 0.2) is 34.1 Å². The number of rotatable bonds is 4. The van der Waals surface area contributed by atoms with Crippen molar-refractivity contribution in [1.82, 2.24) is 0 Å². The SMILES string of the molecule is Cc1cc(C(N)c2cccc(OC(F)F)c2)sc1Br. The Morgan fingerprint density at radius 2 is 2.05 bits per heavy atom. The van der Waals surface area contributed by atoms with E-state index in [2.05, 4.69) is 20.7 Å². The van der Waals surface area contributed by atoms with E-state index in [-0.39, 0.29) is 11.8 Å². The van der Waals surface area contributed by atoms with Gasteiger partial charge in [0.1, 0.15) is 5.75 Å². The van der Waals surface area contributed by atoms with Crippen LogP contribution in [0.5, 0.6) is 5.75 Å². The largest absolute Gasteiger partial charge is 0.435 e. The Labute approximate surface area is 122 Å². The molecule has 0 saturated carbocycles. The molecule has 0 aliphatic heterocycles. The minimum Gasteiger partial charge on any atom is -0.435 e. The molecule has 2 rings (SSSR count). The van der Waals surface area contributed by atoms with Gasteiger partial charge in [-0.05, 0) is 52.2 Å². The Morgan fingerprint density at radius 3 is 2.63 bits per heavy atom. The second-order valence-electron chi connectivity index (χ2n) is 4.03. The molecule has 102 valence electrons. The van der Waals surface area contributed by atoms with Crippen molar-refractivity contribution < 1.29 is 13.5 Å². The monoisotopic (exact) mass is 347 g/mol. The Morgan fingerprint density at radius 1 is 1.32 bits per heavy atom. The summed E-state index contributed by atoms with van der Waals surface area (Å²) in [5, 5.41) is 0. The molecule has 1 aromatic carbocycles. The number of ether oxygens (including phenoxy) is 1. The van der Waals surface area contributed by atoms with Crippen LogP contribution in [-0.4, -0.2) is 6.61 Å². The van der Waals surface area contributed by atoms with Crippen molar-refractivity contribution in [2.24, 2.45) is 5.73 Å². The quantitative estimate of drug-likeness (QED) is 0.885. The topological polar surface area (TPSA) is 35.2 Å². The highest BCUT2D eigenvalue weighted by Crippen LogP contribution is 2.34. The smallest absolute Gasteiger partial charge is 0.387 e. The molecule has 1 heterocycles. The molecule has 0 amide bonds. The summed E-state index contributed by atoms with van der Waals surface area (Å²) in [7, 11) is 0. The maximum atomic E-state index is 12.2. The standard InChI is InChI=1S/C13H12BrF2NOS/c1-7-5-10(19-12(7)14)11(17)8-3-2-4-9(6-8)18-13(15)16/h2-6,11,13H,17H2,1H3. The number of hydrogen-bond acceptors (Lipinski definition) is 3. The van der Waals surface area contributed by atoms with Crippen LogP contribution in [0.2, 0.25) is 0 Å². The molecular weight excluding hydrogens is 336 g/mol. The molecule has 1 aromatic heterocycles. The lowest BCUT2D eigenvalue weighted by atomic mass is 10.1. The number of nitrogens with two attached hydrogens (primary N) is 1. The van der Waals surface area contributed by atoms with E-state index >= 15 is 0 Å². The lowest BCUT2D eigenvalue weighted by Gasteiger charge is -2.12. The number of hydrogen-bond donors (Lipinski definition) is 1. The lowest BCUT2D eigenvalue weighted by molar-refractivity contribution is -0.0498. The fraction of sp³-hybridized carbons (Fsp3) is 0.231. The molecule has 0 aliphatic rings. The van der Waals surface area contributed by atoms with E-state index in [1.54, 1.807) is 18.2 Å². The zero-order chi connectivity index (χ0) is 14.0. The molecule has 6 heteroatoms. The highest BCUT2D eigenvalue weighted by Gasteiger charge is 2.14. The first-order chi connectivity index (χ1) is 8.97. The van der Waals surface area contributed by atoms with Crippen molar-refractivity contribution >= 4 is 27.3 Å². The van der Waals surface area contributed by atoms with E-state index in [1.807, 2.05) is 13.0 Å². The summed E-state index contributed by atoms with van der Waals surface area (Å²) in [6, 6.07) is 8.11. The van der Waals surface area contributed by atoms with Crippen molar-refractivity contribution in [3.8, 4) is 5.75 Å². The average Bonchev–Trinajstić information content (AvgIpc) is 2.68. The van der Waals surface area contributed by atoms with Gasteiger partial charge in [-0.3, -0.25) is 0 Å². The summed E-state index contributed by atoms with van der Waals surface area (Å²) in [6.45, 7) is -0.850. The van der Waals surface area contributed by atoms with Crippen molar-refractivity contribution in [3.05, 3.63) is 50.1 Å². The maximum absolute atomic E-state index is 12.2. The number of benzene rings is 1. The molecule has 0 aliphatic carbocycles. The van der Waals surface area contributed by atoms with Crippen LogP contribution in [0.25, 0.3) is 0 Å². The lowest BCUT2D eigenvalue weighted by Crippen LogP contribution is -2.10. The summed E-state index contributed by atoms with van der Waals surface area (Å²) in [4.78, 5) is 0.971. The van der Waals surface area contributed by atoms with Crippen LogP contribution in [0, 0.1) is 6.92 Å². The second kappa shape index (κ2) is 5.98.